The largest absolute Gasteiger partial charge is 2.00 e. The van der Waals surface area contributed by atoms with Crippen LogP contribution < -0.4 is 0 Å². The molecule has 2 aliphatic rings. The zero-order valence-electron chi connectivity index (χ0n) is 12.9. The van der Waals surface area contributed by atoms with Crippen LogP contribution in [0.2, 0.25) is 0 Å². The first kappa shape index (κ1) is 15.8. The summed E-state index contributed by atoms with van der Waals surface area (Å²) >= 11 is 0. The molecular formula is C20H10N4Pt. The average Bonchev–Trinajstić information content (AvgIpc) is 3.24. The molecule has 2 aromatic carbocycles. The van der Waals surface area contributed by atoms with Crippen molar-refractivity contribution in [3.05, 3.63) is 72.1 Å². The normalized spacial score (nSPS) is 12.2. The molecule has 0 aliphatic carbocycles. The van der Waals surface area contributed by atoms with Gasteiger partial charge in [-0.2, -0.15) is 0 Å². The number of aromatic nitrogens is 2. The van der Waals surface area contributed by atoms with Crippen molar-refractivity contribution in [3.63, 3.8) is 0 Å². The van der Waals surface area contributed by atoms with E-state index in [-0.39, 0.29) is 21.1 Å². The van der Waals surface area contributed by atoms with Crippen molar-refractivity contribution in [2.75, 3.05) is 0 Å². The van der Waals surface area contributed by atoms with Gasteiger partial charge in [0.15, 0.2) is 0 Å². The minimum Gasteiger partial charge on any atom is -0.274 e. The van der Waals surface area contributed by atoms with Crippen LogP contribution in [0.25, 0.3) is 21.5 Å². The molecule has 5 heteroatoms. The molecule has 0 unspecified atom stereocenters. The first-order valence-corrected chi connectivity index (χ1v) is 7.58. The first-order chi connectivity index (χ1) is 11.8. The summed E-state index contributed by atoms with van der Waals surface area (Å²) in [5.41, 5.74) is 1.59. The molecule has 0 atom stereocenters. The summed E-state index contributed by atoms with van der Waals surface area (Å²) in [5, 5.41) is 3.56. The number of fused-ring (bicyclic) bond motifs is 10. The van der Waals surface area contributed by atoms with Gasteiger partial charge in [0, 0.05) is 23.8 Å². The molecule has 0 saturated heterocycles. The van der Waals surface area contributed by atoms with Gasteiger partial charge in [-0.05, 0) is 0 Å². The predicted octanol–water partition coefficient (Wildman–Crippen LogP) is 4.20. The third-order valence-corrected chi connectivity index (χ3v) is 3.83. The molecule has 0 spiro atoms. The Balaban J connectivity index is 0.00000157. The van der Waals surface area contributed by atoms with E-state index in [2.05, 4.69) is 32.1 Å². The molecule has 2 aliphatic heterocycles. The van der Waals surface area contributed by atoms with Crippen LogP contribution in [0.5, 0.6) is 0 Å². The second kappa shape index (κ2) is 6.30. The molecular weight excluding hydrogens is 491 g/mol. The second-order valence-corrected chi connectivity index (χ2v) is 5.57. The Bertz CT molecular complexity index is 1070. The third kappa shape index (κ3) is 3.01. The zero-order chi connectivity index (χ0) is 15.9. The van der Waals surface area contributed by atoms with Crippen molar-refractivity contribution >= 4 is 45.6 Å². The molecule has 0 fully saturated rings. The van der Waals surface area contributed by atoms with E-state index in [0.29, 0.717) is 11.6 Å². The maximum Gasteiger partial charge on any atom is 2.00 e. The molecule has 4 nitrogen and oxygen atoms in total. The van der Waals surface area contributed by atoms with Crippen LogP contribution in [0.4, 0.5) is 11.6 Å². The predicted molar refractivity (Wildman–Crippen MR) is 95.7 cm³/mol. The van der Waals surface area contributed by atoms with E-state index in [1.165, 1.54) is 0 Å². The monoisotopic (exact) mass is 501 g/mol. The van der Waals surface area contributed by atoms with Gasteiger partial charge < -0.3 is 0 Å². The summed E-state index contributed by atoms with van der Waals surface area (Å²) in [6, 6.07) is 22.4. The van der Waals surface area contributed by atoms with Gasteiger partial charge in [0.1, 0.15) is 0 Å². The van der Waals surface area contributed by atoms with Crippen LogP contribution in [0, 0.1) is 12.1 Å². The standard InChI is InChI=1S/C20H10N4.Pt/c1-3-13-7-15(5-1)19-21-12-18(23-19)10-14-4-2-6-16(8-14)20-22-11-17(9-13)24-20;/h1-6,9-12H;/q-2;+2. The molecule has 25 heavy (non-hydrogen) atoms. The van der Waals surface area contributed by atoms with Gasteiger partial charge in [0.25, 0.3) is 0 Å². The molecule has 1 aromatic heterocycles. The molecule has 0 saturated carbocycles. The van der Waals surface area contributed by atoms with Gasteiger partial charge in [0.05, 0.1) is 11.6 Å². The summed E-state index contributed by atoms with van der Waals surface area (Å²) in [6.45, 7) is 0. The third-order valence-electron chi connectivity index (χ3n) is 3.83. The Morgan fingerprint density at radius 1 is 0.640 bits per heavy atom. The SMILES string of the molecule is [Pt+2].[c-]1c2cccc1c1nc(cc3[c-]c(ccc3)c3nc(c2)C=N3)C=N1. The van der Waals surface area contributed by atoms with Crippen molar-refractivity contribution in [1.29, 1.82) is 0 Å². The van der Waals surface area contributed by atoms with Crippen molar-refractivity contribution < 1.29 is 21.1 Å². The quantitative estimate of drug-likeness (QED) is 0.299. The van der Waals surface area contributed by atoms with E-state index < -0.39 is 0 Å². The van der Waals surface area contributed by atoms with Gasteiger partial charge >= 0.3 is 21.1 Å². The van der Waals surface area contributed by atoms with E-state index in [4.69, 9.17) is 0 Å². The fraction of sp³-hybridized carbons (Fsp3) is 0. The average molecular weight is 501 g/mol. The number of nitrogens with zero attached hydrogens (tertiary/aromatic N) is 4. The number of aliphatic imine (C=N–C) groups is 2. The van der Waals surface area contributed by atoms with E-state index in [9.17, 15) is 0 Å². The first-order valence-electron chi connectivity index (χ1n) is 7.58. The summed E-state index contributed by atoms with van der Waals surface area (Å²) < 4.78 is 0. The smallest absolute Gasteiger partial charge is 0.274 e. The Morgan fingerprint density at radius 3 is 1.60 bits per heavy atom. The van der Waals surface area contributed by atoms with Crippen LogP contribution in [-0.4, -0.2) is 22.4 Å². The Kier molecular flexibility index (Phi) is 3.98. The van der Waals surface area contributed by atoms with Gasteiger partial charge in [-0.1, -0.05) is 22.9 Å². The zero-order valence-corrected chi connectivity index (χ0v) is 15.2. The maximum absolute atomic E-state index is 4.58. The molecule has 5 rings (SSSR count). The summed E-state index contributed by atoms with van der Waals surface area (Å²) in [7, 11) is 0. The molecule has 0 amide bonds. The van der Waals surface area contributed by atoms with Crippen LogP contribution in [0.1, 0.15) is 11.4 Å². The molecule has 0 N–H and O–H groups in total. The number of hydrogen-bond donors (Lipinski definition) is 0. The van der Waals surface area contributed by atoms with E-state index in [0.717, 1.165) is 32.9 Å². The minimum atomic E-state index is 0. The topological polar surface area (TPSA) is 50.5 Å². The van der Waals surface area contributed by atoms with Gasteiger partial charge in [-0.15, -0.1) is 59.3 Å². The fourth-order valence-corrected chi connectivity index (χ4v) is 2.73. The van der Waals surface area contributed by atoms with E-state index in [1.807, 2.05) is 48.5 Å². The van der Waals surface area contributed by atoms with Gasteiger partial charge in [-0.25, -0.2) is 0 Å². The van der Waals surface area contributed by atoms with Gasteiger partial charge in [-0.3, -0.25) is 20.0 Å². The molecule has 120 valence electrons. The van der Waals surface area contributed by atoms with Gasteiger partial charge in [0.2, 0.25) is 0 Å². The van der Waals surface area contributed by atoms with Crippen molar-refractivity contribution in [2.24, 2.45) is 9.98 Å². The second-order valence-electron chi connectivity index (χ2n) is 5.57. The van der Waals surface area contributed by atoms with E-state index in [1.54, 1.807) is 12.4 Å². The van der Waals surface area contributed by atoms with Crippen LogP contribution in [0.15, 0.2) is 58.5 Å². The maximum atomic E-state index is 4.58. The Labute approximate surface area is 158 Å². The summed E-state index contributed by atoms with van der Waals surface area (Å²) in [6.07, 6.45) is 3.52. The molecule has 0 radical (unpaired) electrons. The number of benzene rings is 2. The minimum absolute atomic E-state index is 0. The molecule has 3 heterocycles. The van der Waals surface area contributed by atoms with Crippen molar-refractivity contribution in [2.45, 2.75) is 0 Å². The van der Waals surface area contributed by atoms with Crippen LogP contribution in [-0.2, 0) is 21.1 Å². The van der Waals surface area contributed by atoms with Crippen molar-refractivity contribution in [3.8, 4) is 0 Å². The summed E-state index contributed by atoms with van der Waals surface area (Å²) in [4.78, 5) is 18.0. The van der Waals surface area contributed by atoms with Crippen LogP contribution in [0.3, 0.4) is 0 Å². The number of hydrogen-bond acceptors (Lipinski definition) is 4. The van der Waals surface area contributed by atoms with E-state index >= 15 is 0 Å². The van der Waals surface area contributed by atoms with Crippen molar-refractivity contribution in [1.82, 2.24) is 9.97 Å². The summed E-state index contributed by atoms with van der Waals surface area (Å²) in [5.74, 6) is 1.33. The molecule has 3 aromatic rings. The fourth-order valence-electron chi connectivity index (χ4n) is 2.73. The number of rotatable bonds is 0. The molecule has 8 bridgehead atoms. The van der Waals surface area contributed by atoms with Crippen LogP contribution >= 0.6 is 0 Å². The Morgan fingerprint density at radius 2 is 1.12 bits per heavy atom. The Hall–Kier alpha value is -2.71.